The van der Waals surface area contributed by atoms with Crippen molar-refractivity contribution in [1.82, 2.24) is 19.7 Å². The standard InChI is InChI=1S/C26H22N4OS/c1-17-13-18(2)30(29-17)22-9-5-11-24(15-22)31-23-10-4-7-20(14-23)26-28-19(3)25(32-26)21-8-6-12-27-16-21/h4-16H,1-3H3. The molecule has 0 amide bonds. The lowest BCUT2D eigenvalue weighted by Gasteiger charge is -2.10. The van der Waals surface area contributed by atoms with E-state index < -0.39 is 0 Å². The summed E-state index contributed by atoms with van der Waals surface area (Å²) in [4.78, 5) is 10.2. The number of hydrogen-bond donors (Lipinski definition) is 0. The summed E-state index contributed by atoms with van der Waals surface area (Å²) >= 11 is 1.67. The monoisotopic (exact) mass is 438 g/mol. The summed E-state index contributed by atoms with van der Waals surface area (Å²) < 4.78 is 8.12. The van der Waals surface area contributed by atoms with Crippen LogP contribution in [-0.2, 0) is 0 Å². The van der Waals surface area contributed by atoms with Gasteiger partial charge in [-0.3, -0.25) is 4.98 Å². The van der Waals surface area contributed by atoms with E-state index in [4.69, 9.17) is 9.72 Å². The summed E-state index contributed by atoms with van der Waals surface area (Å²) in [5.74, 6) is 1.53. The van der Waals surface area contributed by atoms with Gasteiger partial charge in [-0.1, -0.05) is 24.3 Å². The number of pyridine rings is 1. The van der Waals surface area contributed by atoms with E-state index in [9.17, 15) is 0 Å². The molecule has 6 heteroatoms. The Hall–Kier alpha value is -3.77. The van der Waals surface area contributed by atoms with Crippen molar-refractivity contribution in [1.29, 1.82) is 0 Å². The predicted octanol–water partition coefficient (Wildman–Crippen LogP) is 6.78. The van der Waals surface area contributed by atoms with Crippen LogP contribution >= 0.6 is 11.3 Å². The molecule has 5 rings (SSSR count). The topological polar surface area (TPSA) is 52.8 Å². The van der Waals surface area contributed by atoms with Crippen LogP contribution in [0, 0.1) is 20.8 Å². The molecule has 0 saturated heterocycles. The van der Waals surface area contributed by atoms with E-state index in [1.54, 1.807) is 17.5 Å². The first-order valence-corrected chi connectivity index (χ1v) is 11.2. The molecule has 0 unspecified atom stereocenters. The molecule has 2 aromatic carbocycles. The molecule has 0 bridgehead atoms. The van der Waals surface area contributed by atoms with Crippen LogP contribution < -0.4 is 4.74 Å². The van der Waals surface area contributed by atoms with E-state index in [1.165, 1.54) is 0 Å². The number of thiazole rings is 1. The minimum Gasteiger partial charge on any atom is -0.457 e. The van der Waals surface area contributed by atoms with Crippen LogP contribution in [0.4, 0.5) is 0 Å². The zero-order valence-electron chi connectivity index (χ0n) is 18.1. The number of ether oxygens (including phenoxy) is 1. The predicted molar refractivity (Wildman–Crippen MR) is 129 cm³/mol. The number of aryl methyl sites for hydroxylation is 3. The molecular formula is C26H22N4OS. The van der Waals surface area contributed by atoms with Crippen molar-refractivity contribution in [2.24, 2.45) is 0 Å². The van der Waals surface area contributed by atoms with E-state index in [-0.39, 0.29) is 0 Å². The SMILES string of the molecule is Cc1cc(C)n(-c2cccc(Oc3cccc(-c4nc(C)c(-c5cccnc5)s4)c3)c2)n1. The smallest absolute Gasteiger partial charge is 0.129 e. The first kappa shape index (κ1) is 20.2. The van der Waals surface area contributed by atoms with Gasteiger partial charge in [0.15, 0.2) is 0 Å². The zero-order chi connectivity index (χ0) is 22.1. The van der Waals surface area contributed by atoms with Crippen molar-refractivity contribution in [3.8, 4) is 38.2 Å². The molecule has 3 aromatic heterocycles. The number of rotatable bonds is 5. The van der Waals surface area contributed by atoms with Gasteiger partial charge < -0.3 is 4.74 Å². The lowest BCUT2D eigenvalue weighted by molar-refractivity contribution is 0.482. The van der Waals surface area contributed by atoms with E-state index in [1.807, 2.05) is 80.2 Å². The second kappa shape index (κ2) is 8.40. The first-order chi connectivity index (χ1) is 15.6. The summed E-state index contributed by atoms with van der Waals surface area (Å²) in [6.07, 6.45) is 3.66. The molecule has 0 saturated carbocycles. The fourth-order valence-electron chi connectivity index (χ4n) is 3.68. The summed E-state index contributed by atoms with van der Waals surface area (Å²) in [5, 5.41) is 5.53. The summed E-state index contributed by atoms with van der Waals surface area (Å²) in [6.45, 7) is 6.08. The van der Waals surface area contributed by atoms with Crippen LogP contribution in [0.5, 0.6) is 11.5 Å². The zero-order valence-corrected chi connectivity index (χ0v) is 18.9. The van der Waals surface area contributed by atoms with Crippen molar-refractivity contribution in [3.05, 3.63) is 96.2 Å². The van der Waals surface area contributed by atoms with E-state index in [0.717, 1.165) is 55.3 Å². The van der Waals surface area contributed by atoms with Crippen LogP contribution in [0.25, 0.3) is 26.7 Å². The molecule has 3 heterocycles. The summed E-state index contributed by atoms with van der Waals surface area (Å²) in [5.41, 5.74) is 6.17. The maximum Gasteiger partial charge on any atom is 0.129 e. The van der Waals surface area contributed by atoms with Gasteiger partial charge in [-0.15, -0.1) is 11.3 Å². The first-order valence-electron chi connectivity index (χ1n) is 10.4. The maximum atomic E-state index is 6.20. The van der Waals surface area contributed by atoms with Gasteiger partial charge in [0, 0.05) is 35.3 Å². The average molecular weight is 439 g/mol. The fourth-order valence-corrected chi connectivity index (χ4v) is 4.74. The lowest BCUT2D eigenvalue weighted by Crippen LogP contribution is -1.99. The Morgan fingerprint density at radius 3 is 2.38 bits per heavy atom. The quantitative estimate of drug-likeness (QED) is 0.304. The third-order valence-electron chi connectivity index (χ3n) is 5.11. The fraction of sp³-hybridized carbons (Fsp3) is 0.115. The van der Waals surface area contributed by atoms with E-state index >= 15 is 0 Å². The number of benzene rings is 2. The third kappa shape index (κ3) is 4.05. The molecule has 0 aliphatic carbocycles. The minimum absolute atomic E-state index is 0.763. The van der Waals surface area contributed by atoms with Gasteiger partial charge in [0.2, 0.25) is 0 Å². The molecule has 5 nitrogen and oxygen atoms in total. The van der Waals surface area contributed by atoms with Gasteiger partial charge in [-0.25, -0.2) is 9.67 Å². The lowest BCUT2D eigenvalue weighted by atomic mass is 10.2. The van der Waals surface area contributed by atoms with E-state index in [0.29, 0.717) is 0 Å². The Morgan fingerprint density at radius 2 is 1.62 bits per heavy atom. The van der Waals surface area contributed by atoms with Crippen molar-refractivity contribution in [3.63, 3.8) is 0 Å². The second-order valence-electron chi connectivity index (χ2n) is 7.64. The summed E-state index contributed by atoms with van der Waals surface area (Å²) in [7, 11) is 0. The Kier molecular flexibility index (Phi) is 5.29. The van der Waals surface area contributed by atoms with E-state index in [2.05, 4.69) is 28.3 Å². The molecule has 5 aromatic rings. The Bertz CT molecular complexity index is 1390. The van der Waals surface area contributed by atoms with Crippen LogP contribution in [-0.4, -0.2) is 19.7 Å². The molecule has 0 N–H and O–H groups in total. The van der Waals surface area contributed by atoms with Gasteiger partial charge in [0.25, 0.3) is 0 Å². The molecule has 0 aliphatic rings. The molecular weight excluding hydrogens is 416 g/mol. The molecule has 0 spiro atoms. The Balaban J connectivity index is 1.42. The highest BCUT2D eigenvalue weighted by molar-refractivity contribution is 7.18. The normalized spacial score (nSPS) is 11.0. The van der Waals surface area contributed by atoms with Crippen LogP contribution in [0.3, 0.4) is 0 Å². The molecule has 0 atom stereocenters. The van der Waals surface area contributed by atoms with Gasteiger partial charge in [0.05, 0.1) is 22.0 Å². The number of aromatic nitrogens is 4. The largest absolute Gasteiger partial charge is 0.457 e. The van der Waals surface area contributed by atoms with Crippen LogP contribution in [0.2, 0.25) is 0 Å². The van der Waals surface area contributed by atoms with Gasteiger partial charge >= 0.3 is 0 Å². The van der Waals surface area contributed by atoms with Crippen LogP contribution in [0.1, 0.15) is 17.1 Å². The third-order valence-corrected chi connectivity index (χ3v) is 6.36. The number of nitrogens with zero attached hydrogens (tertiary/aromatic N) is 4. The van der Waals surface area contributed by atoms with Crippen molar-refractivity contribution >= 4 is 11.3 Å². The molecule has 32 heavy (non-hydrogen) atoms. The summed E-state index contributed by atoms with van der Waals surface area (Å²) in [6, 6.07) is 22.1. The van der Waals surface area contributed by atoms with Gasteiger partial charge in [-0.05, 0) is 57.2 Å². The van der Waals surface area contributed by atoms with Crippen molar-refractivity contribution in [2.45, 2.75) is 20.8 Å². The Morgan fingerprint density at radius 1 is 0.844 bits per heavy atom. The van der Waals surface area contributed by atoms with Crippen molar-refractivity contribution < 1.29 is 4.74 Å². The second-order valence-corrected chi connectivity index (χ2v) is 8.64. The molecule has 0 radical (unpaired) electrons. The van der Waals surface area contributed by atoms with Crippen molar-refractivity contribution in [2.75, 3.05) is 0 Å². The maximum absolute atomic E-state index is 6.20. The average Bonchev–Trinajstić information content (AvgIpc) is 3.36. The van der Waals surface area contributed by atoms with Gasteiger partial charge in [-0.2, -0.15) is 5.10 Å². The highest BCUT2D eigenvalue weighted by atomic mass is 32.1. The van der Waals surface area contributed by atoms with Crippen LogP contribution in [0.15, 0.2) is 79.1 Å². The minimum atomic E-state index is 0.763. The highest BCUT2D eigenvalue weighted by Crippen LogP contribution is 2.36. The van der Waals surface area contributed by atoms with Gasteiger partial charge in [0.1, 0.15) is 16.5 Å². The number of hydrogen-bond acceptors (Lipinski definition) is 5. The highest BCUT2D eigenvalue weighted by Gasteiger charge is 2.12. The molecule has 0 fully saturated rings. The Labute approximate surface area is 191 Å². The molecule has 158 valence electrons. The molecule has 0 aliphatic heterocycles.